The molecule has 0 heterocycles. The van der Waals surface area contributed by atoms with E-state index in [1.165, 1.54) is 0 Å². The monoisotopic (exact) mass is 395 g/mol. The molecule has 1 atom stereocenters. The molecule has 0 radical (unpaired) electrons. The van der Waals surface area contributed by atoms with Crippen LogP contribution in [0.5, 0.6) is 5.75 Å². The number of alkyl halides is 3. The van der Waals surface area contributed by atoms with Gasteiger partial charge in [0.1, 0.15) is 11.9 Å². The minimum absolute atomic E-state index is 0.0117. The van der Waals surface area contributed by atoms with E-state index in [4.69, 9.17) is 51.8 Å². The molecule has 1 aliphatic rings. The van der Waals surface area contributed by atoms with Crippen molar-refractivity contribution in [1.82, 2.24) is 10.6 Å². The van der Waals surface area contributed by atoms with Gasteiger partial charge in [-0.1, -0.05) is 46.9 Å². The largest absolute Gasteiger partial charge is 0.495 e. The van der Waals surface area contributed by atoms with Gasteiger partial charge in [0.25, 0.3) is 0 Å². The zero-order chi connectivity index (χ0) is 17.0. The number of benzene rings is 1. The summed E-state index contributed by atoms with van der Waals surface area (Å²) in [6.07, 6.45) is 0.750. The summed E-state index contributed by atoms with van der Waals surface area (Å²) in [6.45, 7) is 0. The van der Waals surface area contributed by atoms with Crippen molar-refractivity contribution in [2.45, 2.75) is 22.8 Å². The predicted molar refractivity (Wildman–Crippen MR) is 97.3 cm³/mol. The van der Waals surface area contributed by atoms with Crippen LogP contribution in [0.1, 0.15) is 12.8 Å². The Hall–Kier alpha value is -0.950. The van der Waals surface area contributed by atoms with E-state index in [9.17, 15) is 4.79 Å². The van der Waals surface area contributed by atoms with Gasteiger partial charge in [0.05, 0.1) is 12.8 Å². The molecule has 23 heavy (non-hydrogen) atoms. The number of ether oxygens (including phenoxy) is 1. The summed E-state index contributed by atoms with van der Waals surface area (Å²) in [5.41, 5.74) is 0.657. The fourth-order valence-corrected chi connectivity index (χ4v) is 2.40. The fraction of sp³-hybridized carbons (Fsp3) is 0.429. The molecule has 1 unspecified atom stereocenters. The summed E-state index contributed by atoms with van der Waals surface area (Å²) in [5.74, 6) is 0.445. The first kappa shape index (κ1) is 18.4. The van der Waals surface area contributed by atoms with Crippen LogP contribution >= 0.6 is 47.0 Å². The Morgan fingerprint density at radius 2 is 1.96 bits per heavy atom. The lowest BCUT2D eigenvalue weighted by atomic mass is 10.3. The van der Waals surface area contributed by atoms with Crippen molar-refractivity contribution in [3.05, 3.63) is 24.3 Å². The van der Waals surface area contributed by atoms with Crippen LogP contribution in [-0.2, 0) is 4.79 Å². The standard InChI is InChI=1S/C14H16Cl3N3O2S/c1-22-10-5-3-2-4-9(10)18-13(23)20-12(14(15,16)17)19-11(21)8-6-7-8/h2-5,8,12H,6-7H2,1H3,(H,19,21)(H2,18,20,23). The molecule has 0 spiro atoms. The minimum atomic E-state index is -1.75. The molecule has 126 valence electrons. The molecular weight excluding hydrogens is 381 g/mol. The maximum Gasteiger partial charge on any atom is 0.228 e. The van der Waals surface area contributed by atoms with Crippen molar-refractivity contribution in [2.24, 2.45) is 5.92 Å². The van der Waals surface area contributed by atoms with Gasteiger partial charge in [-0.15, -0.1) is 0 Å². The van der Waals surface area contributed by atoms with Gasteiger partial charge in [-0.2, -0.15) is 0 Å². The first-order valence-corrected chi connectivity index (χ1v) is 8.43. The van der Waals surface area contributed by atoms with Gasteiger partial charge in [-0.05, 0) is 37.2 Å². The van der Waals surface area contributed by atoms with Gasteiger partial charge >= 0.3 is 0 Å². The number of para-hydroxylation sites is 2. The van der Waals surface area contributed by atoms with E-state index in [0.29, 0.717) is 11.4 Å². The second-order valence-corrected chi connectivity index (χ2v) is 7.83. The molecule has 0 aliphatic heterocycles. The molecule has 9 heteroatoms. The number of carbonyl (C=O) groups excluding carboxylic acids is 1. The quantitative estimate of drug-likeness (QED) is 0.405. The van der Waals surface area contributed by atoms with Crippen molar-refractivity contribution >= 4 is 63.7 Å². The summed E-state index contributed by atoms with van der Waals surface area (Å²) in [6, 6.07) is 7.24. The van der Waals surface area contributed by atoms with Gasteiger partial charge in [-0.25, -0.2) is 0 Å². The molecule has 1 fully saturated rings. The van der Waals surface area contributed by atoms with E-state index in [1.54, 1.807) is 19.2 Å². The van der Waals surface area contributed by atoms with Crippen LogP contribution in [0.3, 0.4) is 0 Å². The molecule has 2 rings (SSSR count). The zero-order valence-corrected chi connectivity index (χ0v) is 15.3. The van der Waals surface area contributed by atoms with Crippen LogP contribution in [0.4, 0.5) is 5.69 Å². The van der Waals surface area contributed by atoms with E-state index in [2.05, 4.69) is 16.0 Å². The maximum atomic E-state index is 11.9. The average molecular weight is 397 g/mol. The van der Waals surface area contributed by atoms with Gasteiger partial charge in [0, 0.05) is 5.92 Å². The first-order valence-electron chi connectivity index (χ1n) is 6.89. The zero-order valence-electron chi connectivity index (χ0n) is 12.2. The number of hydrogen-bond acceptors (Lipinski definition) is 3. The van der Waals surface area contributed by atoms with E-state index in [-0.39, 0.29) is 16.9 Å². The number of anilines is 1. The third-order valence-electron chi connectivity index (χ3n) is 3.19. The minimum Gasteiger partial charge on any atom is -0.495 e. The summed E-state index contributed by atoms with van der Waals surface area (Å²) in [7, 11) is 1.55. The van der Waals surface area contributed by atoms with Crippen molar-refractivity contribution in [1.29, 1.82) is 0 Å². The van der Waals surface area contributed by atoms with E-state index < -0.39 is 9.96 Å². The highest BCUT2D eigenvalue weighted by molar-refractivity contribution is 7.80. The number of halogens is 3. The van der Waals surface area contributed by atoms with Crippen LogP contribution in [0, 0.1) is 5.92 Å². The van der Waals surface area contributed by atoms with Crippen LogP contribution in [0.2, 0.25) is 0 Å². The van der Waals surface area contributed by atoms with Crippen LogP contribution in [0.15, 0.2) is 24.3 Å². The summed E-state index contributed by atoms with van der Waals surface area (Å²) in [4.78, 5) is 11.9. The Kier molecular flexibility index (Phi) is 6.19. The maximum absolute atomic E-state index is 11.9. The Bertz CT molecular complexity index is 591. The van der Waals surface area contributed by atoms with Crippen molar-refractivity contribution in [2.75, 3.05) is 12.4 Å². The second kappa shape index (κ2) is 7.75. The Morgan fingerprint density at radius 1 is 1.30 bits per heavy atom. The first-order chi connectivity index (χ1) is 10.8. The highest BCUT2D eigenvalue weighted by atomic mass is 35.6. The predicted octanol–water partition coefficient (Wildman–Crippen LogP) is 3.20. The number of methoxy groups -OCH3 is 1. The van der Waals surface area contributed by atoms with E-state index in [1.807, 2.05) is 12.1 Å². The molecule has 0 bridgehead atoms. The highest BCUT2D eigenvalue weighted by Crippen LogP contribution is 2.32. The number of rotatable bonds is 5. The van der Waals surface area contributed by atoms with Crippen LogP contribution < -0.4 is 20.7 Å². The number of hydrogen-bond donors (Lipinski definition) is 3. The summed E-state index contributed by atoms with van der Waals surface area (Å²) >= 11 is 23.0. The molecular formula is C14H16Cl3N3O2S. The lowest BCUT2D eigenvalue weighted by Gasteiger charge is -2.28. The van der Waals surface area contributed by atoms with Crippen molar-refractivity contribution in [3.8, 4) is 5.75 Å². The van der Waals surface area contributed by atoms with Crippen molar-refractivity contribution in [3.63, 3.8) is 0 Å². The van der Waals surface area contributed by atoms with Crippen LogP contribution in [-0.4, -0.2) is 28.1 Å². The Morgan fingerprint density at radius 3 is 2.52 bits per heavy atom. The lowest BCUT2D eigenvalue weighted by molar-refractivity contribution is -0.123. The number of carbonyl (C=O) groups is 1. The topological polar surface area (TPSA) is 62.4 Å². The molecule has 0 saturated heterocycles. The van der Waals surface area contributed by atoms with Gasteiger partial charge in [0.2, 0.25) is 9.70 Å². The molecule has 1 aliphatic carbocycles. The normalized spacial score (nSPS) is 15.5. The number of amides is 1. The van der Waals surface area contributed by atoms with Crippen LogP contribution in [0.25, 0.3) is 0 Å². The van der Waals surface area contributed by atoms with Gasteiger partial charge < -0.3 is 20.7 Å². The summed E-state index contributed by atoms with van der Waals surface area (Å²) in [5, 5.41) is 8.61. The smallest absolute Gasteiger partial charge is 0.228 e. The SMILES string of the molecule is COc1ccccc1NC(=S)NC(NC(=O)C1CC1)C(Cl)(Cl)Cl. The fourth-order valence-electron chi connectivity index (χ4n) is 1.84. The average Bonchev–Trinajstić information content (AvgIpc) is 3.30. The second-order valence-electron chi connectivity index (χ2n) is 5.06. The molecule has 0 aromatic heterocycles. The Balaban J connectivity index is 2.00. The molecule has 1 saturated carbocycles. The van der Waals surface area contributed by atoms with E-state index >= 15 is 0 Å². The number of thiocarbonyl (C=S) groups is 1. The van der Waals surface area contributed by atoms with Crippen molar-refractivity contribution < 1.29 is 9.53 Å². The number of nitrogens with one attached hydrogen (secondary N) is 3. The molecule has 1 aromatic rings. The third-order valence-corrected chi connectivity index (χ3v) is 4.07. The Labute approximate surface area is 155 Å². The molecule has 1 amide bonds. The molecule has 1 aromatic carbocycles. The van der Waals surface area contributed by atoms with Gasteiger partial charge in [-0.3, -0.25) is 4.79 Å². The highest BCUT2D eigenvalue weighted by Gasteiger charge is 2.38. The molecule has 3 N–H and O–H groups in total. The molecule has 5 nitrogen and oxygen atoms in total. The summed E-state index contributed by atoms with van der Waals surface area (Å²) < 4.78 is 3.47. The third kappa shape index (κ3) is 5.57. The van der Waals surface area contributed by atoms with E-state index in [0.717, 1.165) is 12.8 Å². The van der Waals surface area contributed by atoms with Gasteiger partial charge in [0.15, 0.2) is 5.11 Å². The lowest BCUT2D eigenvalue weighted by Crippen LogP contribution is -2.56.